The molecule has 1 atom stereocenters. The highest BCUT2D eigenvalue weighted by atomic mass is 35.5. The Kier molecular flexibility index (Phi) is 9.41. The number of fused-ring (bicyclic) bond motifs is 2. The number of nitriles is 1. The Hall–Kier alpha value is -4.51. The Morgan fingerprint density at radius 3 is 2.69 bits per heavy atom. The Morgan fingerprint density at radius 2 is 2.00 bits per heavy atom. The molecule has 4 heterocycles. The van der Waals surface area contributed by atoms with Crippen LogP contribution in [0.5, 0.6) is 5.75 Å². The number of hydrogen-bond acceptors (Lipinski definition) is 8. The van der Waals surface area contributed by atoms with Crippen LogP contribution in [0.1, 0.15) is 50.6 Å². The maximum absolute atomic E-state index is 14.4. The fourth-order valence-electron chi connectivity index (χ4n) is 6.76. The third-order valence-electron chi connectivity index (χ3n) is 8.94. The number of aromatic carboxylic acids is 1. The molecule has 1 N–H and O–H groups in total. The van der Waals surface area contributed by atoms with Gasteiger partial charge in [-0.3, -0.25) is 14.3 Å². The average Bonchev–Trinajstić information content (AvgIpc) is 3.38. The van der Waals surface area contributed by atoms with Crippen molar-refractivity contribution in [1.82, 2.24) is 19.4 Å². The third kappa shape index (κ3) is 6.60. The van der Waals surface area contributed by atoms with E-state index >= 15 is 0 Å². The van der Waals surface area contributed by atoms with Crippen LogP contribution >= 0.6 is 22.9 Å². The minimum Gasteiger partial charge on any atom is -0.491 e. The van der Waals surface area contributed by atoms with Crippen LogP contribution in [0.15, 0.2) is 41.3 Å². The first-order valence-corrected chi connectivity index (χ1v) is 16.7. The zero-order chi connectivity index (χ0) is 35.2. The molecule has 254 valence electrons. The van der Waals surface area contributed by atoms with Crippen molar-refractivity contribution in [2.45, 2.75) is 45.8 Å². The third-order valence-corrected chi connectivity index (χ3v) is 10.3. The molecular formula is C35H31ClF3N5O4S. The maximum atomic E-state index is 14.4. The minimum absolute atomic E-state index is 0.0165. The fourth-order valence-corrected chi connectivity index (χ4v) is 8.06. The molecule has 5 aromatic rings. The van der Waals surface area contributed by atoms with Crippen LogP contribution < -0.4 is 10.3 Å². The molecule has 0 aliphatic carbocycles. The van der Waals surface area contributed by atoms with E-state index in [1.54, 1.807) is 31.2 Å². The number of pyridine rings is 1. The summed E-state index contributed by atoms with van der Waals surface area (Å²) < 4.78 is 51.2. The Morgan fingerprint density at radius 1 is 1.22 bits per heavy atom. The van der Waals surface area contributed by atoms with Crippen LogP contribution in [0.25, 0.3) is 32.2 Å². The van der Waals surface area contributed by atoms with Crippen LogP contribution in [-0.2, 0) is 19.1 Å². The second-order valence-corrected chi connectivity index (χ2v) is 13.9. The topological polar surface area (TPSA) is 121 Å². The smallest absolute Gasteiger partial charge is 0.416 e. The highest BCUT2D eigenvalue weighted by molar-refractivity contribution is 7.20. The van der Waals surface area contributed by atoms with E-state index in [4.69, 9.17) is 16.3 Å². The van der Waals surface area contributed by atoms with Crippen molar-refractivity contribution >= 4 is 50.0 Å². The van der Waals surface area contributed by atoms with E-state index in [1.807, 2.05) is 13.1 Å². The summed E-state index contributed by atoms with van der Waals surface area (Å²) in [6.45, 7) is 4.63. The summed E-state index contributed by atoms with van der Waals surface area (Å²) in [5.41, 5.74) is -0.478. The summed E-state index contributed by atoms with van der Waals surface area (Å²) in [4.78, 5) is 37.2. The van der Waals surface area contributed by atoms with Gasteiger partial charge in [-0.1, -0.05) is 11.6 Å². The first-order valence-electron chi connectivity index (χ1n) is 15.6. The number of rotatable bonds is 8. The molecule has 49 heavy (non-hydrogen) atoms. The number of benzene rings is 2. The number of alkyl halides is 3. The number of piperidine rings is 1. The second kappa shape index (κ2) is 13.4. The SMILES string of the molecule is Cc1sc2c(-c3cc(Cl)ccc3OCCn3c(C)nc4cc(C(F)(F)F)c(CC5CCCN(C)C5)c(C#N)c4c3=O)ccnc2c1C(=O)O. The van der Waals surface area contributed by atoms with Crippen LogP contribution in [0.4, 0.5) is 13.2 Å². The van der Waals surface area contributed by atoms with Crippen LogP contribution in [0.3, 0.4) is 0 Å². The van der Waals surface area contributed by atoms with E-state index in [0.717, 1.165) is 25.5 Å². The van der Waals surface area contributed by atoms with E-state index in [-0.39, 0.29) is 58.9 Å². The molecule has 0 radical (unpaired) electrons. The Bertz CT molecular complexity index is 2230. The molecule has 0 bridgehead atoms. The van der Waals surface area contributed by atoms with Crippen molar-refractivity contribution in [3.8, 4) is 22.9 Å². The van der Waals surface area contributed by atoms with Crippen LogP contribution in [0.2, 0.25) is 5.02 Å². The van der Waals surface area contributed by atoms with Crippen molar-refractivity contribution in [2.75, 3.05) is 26.7 Å². The van der Waals surface area contributed by atoms with Gasteiger partial charge in [0.15, 0.2) is 0 Å². The van der Waals surface area contributed by atoms with Crippen molar-refractivity contribution < 1.29 is 27.8 Å². The van der Waals surface area contributed by atoms with Gasteiger partial charge in [0.1, 0.15) is 24.3 Å². The number of nitrogens with zero attached hydrogens (tertiary/aromatic N) is 5. The zero-order valence-corrected chi connectivity index (χ0v) is 28.4. The number of carboxylic acids is 1. The van der Waals surface area contributed by atoms with Gasteiger partial charge < -0.3 is 14.7 Å². The molecule has 3 aromatic heterocycles. The highest BCUT2D eigenvalue weighted by Crippen LogP contribution is 2.42. The van der Waals surface area contributed by atoms with E-state index < -0.39 is 23.3 Å². The average molecular weight is 710 g/mol. The molecule has 1 aliphatic rings. The predicted molar refractivity (Wildman–Crippen MR) is 182 cm³/mol. The van der Waals surface area contributed by atoms with E-state index in [2.05, 4.69) is 14.9 Å². The van der Waals surface area contributed by atoms with Gasteiger partial charge >= 0.3 is 12.1 Å². The number of halogens is 4. The summed E-state index contributed by atoms with van der Waals surface area (Å²) in [5, 5.41) is 20.2. The second-order valence-electron chi connectivity index (χ2n) is 12.2. The van der Waals surface area contributed by atoms with E-state index in [0.29, 0.717) is 43.5 Å². The minimum atomic E-state index is -4.73. The number of ether oxygens (including phenoxy) is 1. The van der Waals surface area contributed by atoms with Crippen LogP contribution in [-0.4, -0.2) is 57.3 Å². The Balaban J connectivity index is 1.36. The molecule has 0 spiro atoms. The standard InChI is InChI=1S/C35H31ClF3N5O4S/c1-18-29(34(46)47)31-32(49-18)22(8-9-41-31)24-14-21(36)6-7-28(24)48-12-11-44-19(2)42-27-15-26(35(37,38)39)23(25(16-40)30(27)33(44)45)13-20-5-4-10-43(3)17-20/h6-9,14-15,20H,4-5,10-13,17H2,1-3H3,(H,46,47). The molecule has 0 saturated carbocycles. The lowest BCUT2D eigenvalue weighted by Crippen LogP contribution is -2.33. The highest BCUT2D eigenvalue weighted by Gasteiger charge is 2.37. The van der Waals surface area contributed by atoms with Gasteiger partial charge in [0.2, 0.25) is 0 Å². The Labute approximate surface area is 288 Å². The van der Waals surface area contributed by atoms with E-state index in [1.165, 1.54) is 29.0 Å². The van der Waals surface area contributed by atoms with Gasteiger partial charge in [-0.15, -0.1) is 11.3 Å². The summed E-state index contributed by atoms with van der Waals surface area (Å²) in [7, 11) is 1.92. The summed E-state index contributed by atoms with van der Waals surface area (Å²) in [5.74, 6) is -0.597. The summed E-state index contributed by atoms with van der Waals surface area (Å²) in [6.07, 6.45) is -1.64. The normalized spacial score (nSPS) is 15.5. The van der Waals surface area contributed by atoms with Crippen LogP contribution in [0, 0.1) is 31.1 Å². The molecule has 1 unspecified atom stereocenters. The number of aromatic nitrogens is 3. The largest absolute Gasteiger partial charge is 0.491 e. The number of carboxylic acid groups (broad SMARTS) is 1. The van der Waals surface area contributed by atoms with Gasteiger partial charge in [-0.25, -0.2) is 9.78 Å². The van der Waals surface area contributed by atoms with Gasteiger partial charge in [-0.05, 0) is 88.5 Å². The monoisotopic (exact) mass is 709 g/mol. The van der Waals surface area contributed by atoms with Gasteiger partial charge in [0, 0.05) is 33.8 Å². The molecule has 0 amide bonds. The molecule has 1 aliphatic heterocycles. The lowest BCUT2D eigenvalue weighted by atomic mass is 9.86. The lowest BCUT2D eigenvalue weighted by molar-refractivity contribution is -0.138. The number of thiophene rings is 1. The van der Waals surface area contributed by atoms with E-state index in [9.17, 15) is 33.1 Å². The summed E-state index contributed by atoms with van der Waals surface area (Å²) >= 11 is 7.66. The summed E-state index contributed by atoms with van der Waals surface area (Å²) in [6, 6.07) is 9.56. The molecule has 9 nitrogen and oxygen atoms in total. The quantitative estimate of drug-likeness (QED) is 0.176. The number of aryl methyl sites for hydroxylation is 2. The predicted octanol–water partition coefficient (Wildman–Crippen LogP) is 7.50. The number of likely N-dealkylation sites (tertiary alicyclic amines) is 1. The lowest BCUT2D eigenvalue weighted by Gasteiger charge is -2.30. The van der Waals surface area contributed by atoms with Gasteiger partial charge in [-0.2, -0.15) is 18.4 Å². The van der Waals surface area contributed by atoms with Crippen molar-refractivity contribution in [2.24, 2.45) is 5.92 Å². The van der Waals surface area contributed by atoms with Crippen molar-refractivity contribution in [1.29, 1.82) is 5.26 Å². The maximum Gasteiger partial charge on any atom is 0.416 e. The number of carbonyl (C=O) groups is 1. The van der Waals surface area contributed by atoms with Gasteiger partial charge in [0.05, 0.1) is 44.4 Å². The first kappa shape index (κ1) is 34.4. The first-order chi connectivity index (χ1) is 23.3. The zero-order valence-electron chi connectivity index (χ0n) is 26.8. The molecule has 6 rings (SSSR count). The molecule has 1 fully saturated rings. The van der Waals surface area contributed by atoms with Crippen molar-refractivity contribution in [3.05, 3.63) is 84.9 Å². The molecule has 14 heteroatoms. The number of hydrogen-bond donors (Lipinski definition) is 1. The molecule has 1 saturated heterocycles. The fraction of sp³-hybridized carbons (Fsp3) is 0.343. The molecule has 2 aromatic carbocycles. The molecular weight excluding hydrogens is 679 g/mol. The van der Waals surface area contributed by atoms with Gasteiger partial charge in [0.25, 0.3) is 5.56 Å². The van der Waals surface area contributed by atoms with Crippen molar-refractivity contribution in [3.63, 3.8) is 0 Å².